The number of likely N-dealkylation sites (N-methyl/N-ethyl adjacent to an activating group) is 1. The van der Waals surface area contributed by atoms with Crippen molar-refractivity contribution in [2.24, 2.45) is 0 Å². The maximum Gasteiger partial charge on any atom is 0.273 e. The highest BCUT2D eigenvalue weighted by molar-refractivity contribution is 5.92. The van der Waals surface area contributed by atoms with Gasteiger partial charge in [0.1, 0.15) is 5.76 Å². The molecule has 0 bridgehead atoms. The Morgan fingerprint density at radius 3 is 2.50 bits per heavy atom. The van der Waals surface area contributed by atoms with E-state index in [9.17, 15) is 4.79 Å². The average Bonchev–Trinajstić information content (AvgIpc) is 2.94. The highest BCUT2D eigenvalue weighted by Crippen LogP contribution is 2.18. The number of carbonyl (C=O) groups is 1. The topological polar surface area (TPSA) is 58.4 Å². The molecule has 0 aliphatic rings. The first kappa shape index (κ1) is 16.2. The van der Waals surface area contributed by atoms with Gasteiger partial charge in [0.05, 0.1) is 6.04 Å². The minimum Gasteiger partial charge on any atom is -0.361 e. The van der Waals surface area contributed by atoms with Gasteiger partial charge in [0, 0.05) is 12.6 Å². The van der Waals surface area contributed by atoms with Crippen molar-refractivity contribution in [2.75, 3.05) is 20.6 Å². The predicted molar refractivity (Wildman–Crippen MR) is 85.8 cm³/mol. The van der Waals surface area contributed by atoms with Crippen LogP contribution in [0.1, 0.15) is 40.3 Å². The molecule has 1 aromatic heterocycles. The molecule has 0 saturated carbocycles. The Morgan fingerprint density at radius 1 is 1.32 bits per heavy atom. The molecular weight excluding hydrogens is 278 g/mol. The number of hydrogen-bond donors (Lipinski definition) is 1. The zero-order chi connectivity index (χ0) is 16.1. The molecule has 0 fully saturated rings. The number of benzene rings is 1. The van der Waals surface area contributed by atoms with Gasteiger partial charge in [-0.25, -0.2) is 0 Å². The number of carbonyl (C=O) groups excluding carboxylic acids is 1. The van der Waals surface area contributed by atoms with E-state index in [1.165, 1.54) is 11.1 Å². The lowest BCUT2D eigenvalue weighted by Crippen LogP contribution is -2.34. The Bertz CT molecular complexity index is 617. The van der Waals surface area contributed by atoms with Gasteiger partial charge in [-0.2, -0.15) is 0 Å². The lowest BCUT2D eigenvalue weighted by molar-refractivity contribution is 0.0933. The minimum atomic E-state index is -0.214. The van der Waals surface area contributed by atoms with Crippen LogP contribution in [0.5, 0.6) is 0 Å². The molecule has 0 saturated heterocycles. The van der Waals surface area contributed by atoms with Gasteiger partial charge in [0.2, 0.25) is 0 Å². The molecule has 118 valence electrons. The van der Waals surface area contributed by atoms with Crippen LogP contribution in [-0.2, 0) is 6.42 Å². The summed E-state index contributed by atoms with van der Waals surface area (Å²) in [5, 5.41) is 6.65. The number of nitrogens with zero attached hydrogens (tertiary/aromatic N) is 2. The van der Waals surface area contributed by atoms with E-state index in [1.54, 1.807) is 13.0 Å². The van der Waals surface area contributed by atoms with Crippen LogP contribution >= 0.6 is 0 Å². The predicted octanol–water partition coefficient (Wildman–Crippen LogP) is 2.58. The van der Waals surface area contributed by atoms with Crippen LogP contribution < -0.4 is 5.32 Å². The second kappa shape index (κ2) is 7.22. The lowest BCUT2D eigenvalue weighted by Gasteiger charge is -2.25. The van der Waals surface area contributed by atoms with Gasteiger partial charge in [-0.05, 0) is 38.6 Å². The number of amides is 1. The van der Waals surface area contributed by atoms with Crippen molar-refractivity contribution in [3.8, 4) is 0 Å². The van der Waals surface area contributed by atoms with E-state index in [1.807, 2.05) is 14.1 Å². The Balaban J connectivity index is 2.03. The molecular formula is C17H23N3O2. The van der Waals surface area contributed by atoms with Gasteiger partial charge in [0.15, 0.2) is 5.69 Å². The van der Waals surface area contributed by atoms with E-state index < -0.39 is 0 Å². The van der Waals surface area contributed by atoms with Gasteiger partial charge in [0.25, 0.3) is 5.91 Å². The summed E-state index contributed by atoms with van der Waals surface area (Å²) >= 11 is 0. The second-order valence-electron chi connectivity index (χ2n) is 5.61. The molecule has 1 heterocycles. The third-order valence-corrected chi connectivity index (χ3v) is 3.71. The largest absolute Gasteiger partial charge is 0.361 e. The zero-order valence-electron chi connectivity index (χ0n) is 13.6. The highest BCUT2D eigenvalue weighted by atomic mass is 16.5. The third kappa shape index (κ3) is 3.95. The Kier molecular flexibility index (Phi) is 5.33. The first-order valence-corrected chi connectivity index (χ1v) is 7.48. The van der Waals surface area contributed by atoms with Gasteiger partial charge >= 0.3 is 0 Å². The summed E-state index contributed by atoms with van der Waals surface area (Å²) in [6.45, 7) is 4.42. The van der Waals surface area contributed by atoms with Crippen LogP contribution in [0.3, 0.4) is 0 Å². The molecule has 1 unspecified atom stereocenters. The summed E-state index contributed by atoms with van der Waals surface area (Å²) in [5.41, 5.74) is 2.80. The molecule has 0 aliphatic heterocycles. The maximum atomic E-state index is 12.1. The van der Waals surface area contributed by atoms with Gasteiger partial charge in [-0.15, -0.1) is 0 Å². The van der Waals surface area contributed by atoms with E-state index >= 15 is 0 Å². The first-order valence-electron chi connectivity index (χ1n) is 7.48. The number of nitrogens with one attached hydrogen (secondary N) is 1. The van der Waals surface area contributed by atoms with Crippen LogP contribution in [-0.4, -0.2) is 36.6 Å². The standard InChI is InChI=1S/C17H23N3O2/c1-5-13-6-8-14(9-7-13)16(20(3)4)11-18-17(21)15-10-12(2)22-19-15/h6-10,16H,5,11H2,1-4H3,(H,18,21). The van der Waals surface area contributed by atoms with Gasteiger partial charge in [-0.3, -0.25) is 4.79 Å². The Morgan fingerprint density at radius 2 is 2.00 bits per heavy atom. The van der Waals surface area contributed by atoms with Crippen molar-refractivity contribution in [1.82, 2.24) is 15.4 Å². The van der Waals surface area contributed by atoms with Crippen molar-refractivity contribution in [2.45, 2.75) is 26.3 Å². The molecule has 1 amide bonds. The van der Waals surface area contributed by atoms with Gasteiger partial charge in [-0.1, -0.05) is 36.3 Å². The monoisotopic (exact) mass is 301 g/mol. The van der Waals surface area contributed by atoms with Crippen LogP contribution in [0.4, 0.5) is 0 Å². The van der Waals surface area contributed by atoms with E-state index in [2.05, 4.69) is 46.6 Å². The molecule has 1 aromatic carbocycles. The van der Waals surface area contributed by atoms with E-state index in [0.717, 1.165) is 6.42 Å². The zero-order valence-corrected chi connectivity index (χ0v) is 13.6. The number of rotatable bonds is 6. The molecule has 0 radical (unpaired) electrons. The summed E-state index contributed by atoms with van der Waals surface area (Å²) in [6, 6.07) is 10.3. The fourth-order valence-corrected chi connectivity index (χ4v) is 2.33. The van der Waals surface area contributed by atoms with Crippen molar-refractivity contribution in [3.05, 3.63) is 52.9 Å². The fraction of sp³-hybridized carbons (Fsp3) is 0.412. The Labute approximate surface area is 131 Å². The summed E-state index contributed by atoms with van der Waals surface area (Å²) in [5.74, 6) is 0.415. The maximum absolute atomic E-state index is 12.1. The van der Waals surface area contributed by atoms with Crippen LogP contribution in [0.2, 0.25) is 0 Å². The van der Waals surface area contributed by atoms with Crippen molar-refractivity contribution < 1.29 is 9.32 Å². The SMILES string of the molecule is CCc1ccc(C(CNC(=O)c2cc(C)on2)N(C)C)cc1. The molecule has 2 rings (SSSR count). The molecule has 0 spiro atoms. The van der Waals surface area contributed by atoms with Crippen LogP contribution in [0, 0.1) is 6.92 Å². The summed E-state index contributed by atoms with van der Waals surface area (Å²) in [7, 11) is 4.01. The summed E-state index contributed by atoms with van der Waals surface area (Å²) < 4.78 is 4.93. The van der Waals surface area contributed by atoms with Crippen LogP contribution in [0.25, 0.3) is 0 Å². The molecule has 5 heteroatoms. The fourth-order valence-electron chi connectivity index (χ4n) is 2.33. The number of aryl methyl sites for hydroxylation is 2. The van der Waals surface area contributed by atoms with Gasteiger partial charge < -0.3 is 14.7 Å². The van der Waals surface area contributed by atoms with E-state index in [-0.39, 0.29) is 11.9 Å². The van der Waals surface area contributed by atoms with E-state index in [4.69, 9.17) is 4.52 Å². The molecule has 2 aromatic rings. The summed E-state index contributed by atoms with van der Waals surface area (Å²) in [4.78, 5) is 14.2. The third-order valence-electron chi connectivity index (χ3n) is 3.71. The average molecular weight is 301 g/mol. The molecule has 1 atom stereocenters. The van der Waals surface area contributed by atoms with Crippen LogP contribution in [0.15, 0.2) is 34.9 Å². The normalized spacial score (nSPS) is 12.4. The smallest absolute Gasteiger partial charge is 0.273 e. The molecule has 22 heavy (non-hydrogen) atoms. The quantitative estimate of drug-likeness (QED) is 0.891. The van der Waals surface area contributed by atoms with Crippen molar-refractivity contribution in [1.29, 1.82) is 0 Å². The van der Waals surface area contributed by atoms with E-state index in [0.29, 0.717) is 18.0 Å². The Hall–Kier alpha value is -2.14. The number of aromatic nitrogens is 1. The minimum absolute atomic E-state index is 0.114. The molecule has 1 N–H and O–H groups in total. The molecule has 0 aliphatic carbocycles. The number of hydrogen-bond acceptors (Lipinski definition) is 4. The van der Waals surface area contributed by atoms with Crippen molar-refractivity contribution >= 4 is 5.91 Å². The summed E-state index contributed by atoms with van der Waals surface area (Å²) in [6.07, 6.45) is 1.02. The lowest BCUT2D eigenvalue weighted by atomic mass is 10.0. The highest BCUT2D eigenvalue weighted by Gasteiger charge is 2.17. The van der Waals surface area contributed by atoms with Crippen molar-refractivity contribution in [3.63, 3.8) is 0 Å². The second-order valence-corrected chi connectivity index (χ2v) is 5.61. The molecule has 5 nitrogen and oxygen atoms in total. The first-order chi connectivity index (χ1) is 10.5.